The molecule has 0 aliphatic carbocycles. The molecular formula is C69H72N6O. The van der Waals surface area contributed by atoms with Crippen LogP contribution in [0.1, 0.15) is 152 Å². The Hall–Kier alpha value is -8.03. The first-order chi connectivity index (χ1) is 36.7. The average molecular weight is 1000 g/mol. The zero-order valence-electron chi connectivity index (χ0n) is 46.4. The number of benzene rings is 7. The van der Waals surface area contributed by atoms with Crippen LogP contribution in [0.5, 0.6) is 11.5 Å². The molecule has 7 heteroatoms. The van der Waals surface area contributed by atoms with Crippen LogP contribution in [0.3, 0.4) is 0 Å². The van der Waals surface area contributed by atoms with E-state index in [0.717, 1.165) is 45.7 Å². The van der Waals surface area contributed by atoms with Gasteiger partial charge in [-0.1, -0.05) is 174 Å². The number of rotatable bonds is 16. The van der Waals surface area contributed by atoms with E-state index in [1.807, 2.05) is 36.8 Å². The minimum Gasteiger partial charge on any atom is -0.457 e. The zero-order valence-corrected chi connectivity index (χ0v) is 46.4. The van der Waals surface area contributed by atoms with Gasteiger partial charge < -0.3 is 4.74 Å². The molecule has 3 aromatic heterocycles. The molecule has 384 valence electrons. The van der Waals surface area contributed by atoms with Crippen molar-refractivity contribution in [2.75, 3.05) is 0 Å². The van der Waals surface area contributed by atoms with Gasteiger partial charge in [0.05, 0.1) is 17.1 Å². The quantitative estimate of drug-likeness (QED) is 0.0968. The molecule has 0 unspecified atom stereocenters. The second-order valence-corrected chi connectivity index (χ2v) is 22.2. The second-order valence-electron chi connectivity index (χ2n) is 22.2. The van der Waals surface area contributed by atoms with Crippen LogP contribution in [-0.2, 0) is 0 Å². The van der Waals surface area contributed by atoms with Crippen LogP contribution >= 0.6 is 0 Å². The third kappa shape index (κ3) is 10.1. The van der Waals surface area contributed by atoms with Gasteiger partial charge in [0.1, 0.15) is 29.0 Å². The van der Waals surface area contributed by atoms with Crippen molar-refractivity contribution in [1.29, 1.82) is 0 Å². The highest BCUT2D eigenvalue weighted by atomic mass is 16.5. The molecule has 0 saturated heterocycles. The fraction of sp³-hybridized carbons (Fsp3) is 0.261. The van der Waals surface area contributed by atoms with E-state index < -0.39 is 0 Å². The number of aromatic nitrogens is 6. The van der Waals surface area contributed by atoms with Gasteiger partial charge >= 0.3 is 0 Å². The van der Waals surface area contributed by atoms with Crippen molar-refractivity contribution >= 4 is 0 Å². The normalized spacial score (nSPS) is 11.9. The highest BCUT2D eigenvalue weighted by Gasteiger charge is 2.25. The number of hydrogen-bond acceptors (Lipinski definition) is 4. The van der Waals surface area contributed by atoms with Gasteiger partial charge in [-0.05, 0) is 146 Å². The topological polar surface area (TPSA) is 62.7 Å². The van der Waals surface area contributed by atoms with Gasteiger partial charge in [0, 0.05) is 53.9 Å². The van der Waals surface area contributed by atoms with Gasteiger partial charge in [-0.25, -0.2) is 15.0 Å². The molecule has 0 amide bonds. The van der Waals surface area contributed by atoms with Gasteiger partial charge in [0.25, 0.3) is 0 Å². The number of imidazole rings is 3. The van der Waals surface area contributed by atoms with Crippen molar-refractivity contribution in [3.8, 4) is 85.0 Å². The summed E-state index contributed by atoms with van der Waals surface area (Å²) < 4.78 is 13.5. The fourth-order valence-corrected chi connectivity index (χ4v) is 10.9. The molecule has 0 fully saturated rings. The molecule has 10 aromatic rings. The minimum atomic E-state index is 0.234. The predicted molar refractivity (Wildman–Crippen MR) is 316 cm³/mol. The van der Waals surface area contributed by atoms with Gasteiger partial charge in [0.2, 0.25) is 0 Å². The van der Waals surface area contributed by atoms with Crippen LogP contribution in [0.15, 0.2) is 183 Å². The van der Waals surface area contributed by atoms with Crippen LogP contribution in [-0.4, -0.2) is 28.7 Å². The van der Waals surface area contributed by atoms with Crippen molar-refractivity contribution in [3.63, 3.8) is 0 Å². The summed E-state index contributed by atoms with van der Waals surface area (Å²) in [4.78, 5) is 14.8. The maximum atomic E-state index is 6.70. The predicted octanol–water partition coefficient (Wildman–Crippen LogP) is 19.1. The molecule has 7 nitrogen and oxygen atoms in total. The molecule has 0 spiro atoms. The molecule has 0 radical (unpaired) electrons. The molecule has 7 aromatic carbocycles. The molecule has 0 aliphatic heterocycles. The maximum absolute atomic E-state index is 6.70. The van der Waals surface area contributed by atoms with E-state index in [2.05, 4.69) is 243 Å². The van der Waals surface area contributed by atoms with Gasteiger partial charge in [-0.15, -0.1) is 0 Å². The Labute approximate surface area is 451 Å². The second kappa shape index (κ2) is 21.7. The van der Waals surface area contributed by atoms with Crippen molar-refractivity contribution in [2.45, 2.75) is 119 Å². The van der Waals surface area contributed by atoms with Crippen molar-refractivity contribution < 1.29 is 4.74 Å². The summed E-state index contributed by atoms with van der Waals surface area (Å²) in [6.07, 6.45) is 12.0. The minimum absolute atomic E-state index is 0.234. The maximum Gasteiger partial charge on any atom is 0.144 e. The largest absolute Gasteiger partial charge is 0.457 e. The molecule has 3 heterocycles. The summed E-state index contributed by atoms with van der Waals surface area (Å²) in [6, 6.07) is 52.5. The summed E-state index contributed by atoms with van der Waals surface area (Å²) >= 11 is 0. The summed E-state index contributed by atoms with van der Waals surface area (Å²) in [7, 11) is 0. The Balaban J connectivity index is 0.984. The summed E-state index contributed by atoms with van der Waals surface area (Å²) in [5.41, 5.74) is 19.3. The first-order valence-corrected chi connectivity index (χ1v) is 27.3. The average Bonchev–Trinajstić information content (AvgIpc) is 4.23. The van der Waals surface area contributed by atoms with E-state index in [1.54, 1.807) is 0 Å². The van der Waals surface area contributed by atoms with Crippen molar-refractivity contribution in [2.24, 2.45) is 0 Å². The van der Waals surface area contributed by atoms with E-state index in [4.69, 9.17) is 19.7 Å². The summed E-state index contributed by atoms with van der Waals surface area (Å²) in [6.45, 7) is 27.4. The summed E-state index contributed by atoms with van der Waals surface area (Å²) in [5.74, 6) is 5.93. The SMILES string of the molecule is CC(C)c1cccc(C(C)C)c1-n1ccnc1-c1cccc(Oc2cccc(-c3nccn3-c3c(C(C)C)cc(-c4cccc(-c5cc(C(C)C)c(-n6ccnc6-c6ccccc6)c(C(C)C)c5)c4)cc3C(C)C)c2)c1. The van der Waals surface area contributed by atoms with E-state index in [1.165, 1.54) is 72.7 Å². The first-order valence-electron chi connectivity index (χ1n) is 27.3. The van der Waals surface area contributed by atoms with Crippen LogP contribution < -0.4 is 4.74 Å². The van der Waals surface area contributed by atoms with E-state index in [-0.39, 0.29) is 23.7 Å². The lowest BCUT2D eigenvalue weighted by Crippen LogP contribution is -2.09. The molecule has 0 saturated carbocycles. The van der Waals surface area contributed by atoms with Crippen molar-refractivity contribution in [3.05, 3.63) is 216 Å². The van der Waals surface area contributed by atoms with E-state index in [9.17, 15) is 0 Å². The number of nitrogens with zero attached hydrogens (tertiary/aromatic N) is 6. The first kappa shape index (κ1) is 51.5. The van der Waals surface area contributed by atoms with Gasteiger partial charge in [-0.2, -0.15) is 0 Å². The van der Waals surface area contributed by atoms with E-state index in [0.29, 0.717) is 11.8 Å². The fourth-order valence-electron chi connectivity index (χ4n) is 10.9. The Morgan fingerprint density at radius 2 is 0.605 bits per heavy atom. The van der Waals surface area contributed by atoms with Crippen LogP contribution in [0.25, 0.3) is 73.5 Å². The lowest BCUT2D eigenvalue weighted by atomic mass is 9.86. The van der Waals surface area contributed by atoms with Gasteiger partial charge in [0.15, 0.2) is 0 Å². The summed E-state index contributed by atoms with van der Waals surface area (Å²) in [5, 5.41) is 0. The monoisotopic (exact) mass is 1000 g/mol. The molecule has 76 heavy (non-hydrogen) atoms. The lowest BCUT2D eigenvalue weighted by molar-refractivity contribution is 0.483. The molecule has 0 aliphatic rings. The third-order valence-electron chi connectivity index (χ3n) is 14.8. The Bertz CT molecular complexity index is 3570. The third-order valence-corrected chi connectivity index (χ3v) is 14.8. The molecule has 0 bridgehead atoms. The lowest BCUT2D eigenvalue weighted by Gasteiger charge is -2.24. The number of para-hydroxylation sites is 1. The Morgan fingerprint density at radius 3 is 0.987 bits per heavy atom. The highest BCUT2D eigenvalue weighted by molar-refractivity contribution is 5.78. The van der Waals surface area contributed by atoms with Crippen molar-refractivity contribution in [1.82, 2.24) is 28.7 Å². The molecule has 0 atom stereocenters. The van der Waals surface area contributed by atoms with E-state index >= 15 is 0 Å². The molecular weight excluding hydrogens is 929 g/mol. The standard InChI is InChI=1S/C69H72N6O/c1-43(2)58-28-19-29-59(44(3)4)64(58)73-33-31-71-68(73)52-24-17-26-56(37-52)76-57-27-18-25-53(38-57)69-72-32-35-75(69)66-62(47(9)10)41-55(42-63(66)48(11)12)51-23-16-22-50(36-51)54-39-60(45(5)6)65(61(40-54)46(7)8)74-34-30-70-67(74)49-20-14-13-15-21-49/h13-48H,1-12H3. The molecule has 10 rings (SSSR count). The zero-order chi connectivity index (χ0) is 53.4. The van der Waals surface area contributed by atoms with Crippen LogP contribution in [0.2, 0.25) is 0 Å². The Kier molecular flexibility index (Phi) is 14.7. The number of hydrogen-bond donors (Lipinski definition) is 0. The smallest absolute Gasteiger partial charge is 0.144 e. The Morgan fingerprint density at radius 1 is 0.289 bits per heavy atom. The highest BCUT2D eigenvalue weighted by Crippen LogP contribution is 2.42. The number of ether oxygens (including phenoxy) is 1. The molecule has 0 N–H and O–H groups in total. The van der Waals surface area contributed by atoms with Crippen LogP contribution in [0, 0.1) is 0 Å². The van der Waals surface area contributed by atoms with Gasteiger partial charge in [-0.3, -0.25) is 13.7 Å². The van der Waals surface area contributed by atoms with Crippen LogP contribution in [0.4, 0.5) is 0 Å².